The van der Waals surface area contributed by atoms with Crippen LogP contribution in [0.1, 0.15) is 19.4 Å². The first kappa shape index (κ1) is 19.4. The molecule has 134 valence electrons. The topological polar surface area (TPSA) is 75.3 Å². The monoisotopic (exact) mass is 380 g/mol. The van der Waals surface area contributed by atoms with Crippen LogP contribution in [0.4, 0.5) is 0 Å². The minimum Gasteiger partial charge on any atom is -0.351 e. The molecule has 7 heteroatoms. The summed E-state index contributed by atoms with van der Waals surface area (Å²) in [6.07, 6.45) is 0. The molecule has 2 aromatic carbocycles. The Hall–Kier alpha value is -1.89. The lowest BCUT2D eigenvalue weighted by Gasteiger charge is -2.21. The maximum Gasteiger partial charge on any atom is 0.241 e. The summed E-state index contributed by atoms with van der Waals surface area (Å²) in [7, 11) is -3.77. The van der Waals surface area contributed by atoms with Crippen molar-refractivity contribution in [2.75, 3.05) is 0 Å². The molecule has 0 bridgehead atoms. The fourth-order valence-corrected chi connectivity index (χ4v) is 3.72. The Morgan fingerprint density at radius 2 is 1.64 bits per heavy atom. The van der Waals surface area contributed by atoms with Gasteiger partial charge in [-0.15, -0.1) is 0 Å². The van der Waals surface area contributed by atoms with Crippen molar-refractivity contribution < 1.29 is 13.2 Å². The number of halogens is 1. The molecule has 1 amide bonds. The molecule has 0 saturated carbocycles. The number of nitrogens with one attached hydrogen (secondary N) is 2. The Kier molecular flexibility index (Phi) is 6.58. The van der Waals surface area contributed by atoms with E-state index in [1.54, 1.807) is 56.3 Å². The van der Waals surface area contributed by atoms with Crippen LogP contribution in [-0.4, -0.2) is 20.4 Å². The second kappa shape index (κ2) is 8.47. The summed E-state index contributed by atoms with van der Waals surface area (Å²) in [4.78, 5) is 12.6. The highest BCUT2D eigenvalue weighted by molar-refractivity contribution is 7.89. The van der Waals surface area contributed by atoms with Gasteiger partial charge in [-0.25, -0.2) is 8.42 Å². The van der Waals surface area contributed by atoms with Gasteiger partial charge in [0.25, 0.3) is 0 Å². The Labute approximate surface area is 153 Å². The molecule has 0 saturated heterocycles. The third-order valence-electron chi connectivity index (χ3n) is 3.66. The first-order valence-electron chi connectivity index (χ1n) is 7.89. The summed E-state index contributed by atoms with van der Waals surface area (Å²) in [5, 5.41) is 3.38. The van der Waals surface area contributed by atoms with Gasteiger partial charge in [0.1, 0.15) is 6.04 Å². The van der Waals surface area contributed by atoms with Crippen LogP contribution in [0.15, 0.2) is 59.5 Å². The zero-order chi connectivity index (χ0) is 18.4. The lowest BCUT2D eigenvalue weighted by atomic mass is 10.0. The summed E-state index contributed by atoms with van der Waals surface area (Å²) in [5.41, 5.74) is 0.881. The number of sulfonamides is 1. The van der Waals surface area contributed by atoms with E-state index in [0.29, 0.717) is 11.6 Å². The van der Waals surface area contributed by atoms with Crippen LogP contribution in [0, 0.1) is 5.92 Å². The van der Waals surface area contributed by atoms with Gasteiger partial charge in [-0.1, -0.05) is 55.8 Å². The summed E-state index contributed by atoms with van der Waals surface area (Å²) >= 11 is 5.83. The number of amides is 1. The molecule has 0 heterocycles. The highest BCUT2D eigenvalue weighted by atomic mass is 35.5. The van der Waals surface area contributed by atoms with Crippen LogP contribution < -0.4 is 10.0 Å². The molecule has 2 aromatic rings. The lowest BCUT2D eigenvalue weighted by Crippen LogP contribution is -2.49. The van der Waals surface area contributed by atoms with E-state index < -0.39 is 16.1 Å². The maximum absolute atomic E-state index is 12.5. The molecule has 0 spiro atoms. The van der Waals surface area contributed by atoms with Gasteiger partial charge in [-0.05, 0) is 35.7 Å². The quantitative estimate of drug-likeness (QED) is 0.775. The molecular formula is C18H21ClN2O3S. The molecule has 5 nitrogen and oxygen atoms in total. The third kappa shape index (κ3) is 5.56. The van der Waals surface area contributed by atoms with Crippen molar-refractivity contribution in [1.82, 2.24) is 10.0 Å². The van der Waals surface area contributed by atoms with Crippen molar-refractivity contribution >= 4 is 27.5 Å². The minimum atomic E-state index is -3.77. The van der Waals surface area contributed by atoms with Crippen LogP contribution in [0.25, 0.3) is 0 Å². The molecule has 0 aliphatic rings. The fourth-order valence-electron chi connectivity index (χ4n) is 2.23. The van der Waals surface area contributed by atoms with Gasteiger partial charge in [-0.2, -0.15) is 4.72 Å². The molecule has 0 unspecified atom stereocenters. The predicted octanol–water partition coefficient (Wildman–Crippen LogP) is 2.96. The maximum atomic E-state index is 12.5. The van der Waals surface area contributed by atoms with Crippen molar-refractivity contribution in [2.45, 2.75) is 31.3 Å². The Morgan fingerprint density at radius 1 is 1.04 bits per heavy atom. The normalized spacial score (nSPS) is 12.8. The van der Waals surface area contributed by atoms with Crippen LogP contribution in [0.5, 0.6) is 0 Å². The molecule has 25 heavy (non-hydrogen) atoms. The van der Waals surface area contributed by atoms with Crippen molar-refractivity contribution in [3.63, 3.8) is 0 Å². The number of carbonyl (C=O) groups is 1. The molecule has 0 aromatic heterocycles. The lowest BCUT2D eigenvalue weighted by molar-refractivity contribution is -0.123. The van der Waals surface area contributed by atoms with E-state index in [2.05, 4.69) is 10.0 Å². The van der Waals surface area contributed by atoms with E-state index in [4.69, 9.17) is 11.6 Å². The molecule has 2 N–H and O–H groups in total. The average Bonchev–Trinajstić information content (AvgIpc) is 2.59. The van der Waals surface area contributed by atoms with Gasteiger partial charge >= 0.3 is 0 Å². The second-order valence-corrected chi connectivity index (χ2v) is 8.15. The van der Waals surface area contributed by atoms with Crippen LogP contribution in [0.2, 0.25) is 5.02 Å². The van der Waals surface area contributed by atoms with Gasteiger partial charge in [0.2, 0.25) is 15.9 Å². The Morgan fingerprint density at radius 3 is 2.20 bits per heavy atom. The smallest absolute Gasteiger partial charge is 0.241 e. The molecule has 0 aliphatic heterocycles. The van der Waals surface area contributed by atoms with Crippen molar-refractivity contribution in [1.29, 1.82) is 0 Å². The van der Waals surface area contributed by atoms with Crippen molar-refractivity contribution in [3.8, 4) is 0 Å². The van der Waals surface area contributed by atoms with Gasteiger partial charge in [0.15, 0.2) is 0 Å². The first-order valence-corrected chi connectivity index (χ1v) is 9.75. The fraction of sp³-hybridized carbons (Fsp3) is 0.278. The van der Waals surface area contributed by atoms with Gasteiger partial charge in [0.05, 0.1) is 4.90 Å². The number of hydrogen-bond acceptors (Lipinski definition) is 3. The Bertz CT molecular complexity index is 806. The van der Waals surface area contributed by atoms with Crippen molar-refractivity contribution in [3.05, 3.63) is 65.2 Å². The summed E-state index contributed by atoms with van der Waals surface area (Å²) < 4.78 is 27.4. The van der Waals surface area contributed by atoms with Crippen LogP contribution in [-0.2, 0) is 21.4 Å². The molecule has 0 aliphatic carbocycles. The van der Waals surface area contributed by atoms with Crippen LogP contribution >= 0.6 is 11.6 Å². The second-order valence-electron chi connectivity index (χ2n) is 6.00. The molecule has 1 atom stereocenters. The first-order chi connectivity index (χ1) is 11.8. The van der Waals surface area contributed by atoms with E-state index in [-0.39, 0.29) is 16.7 Å². The largest absolute Gasteiger partial charge is 0.351 e. The summed E-state index contributed by atoms with van der Waals surface area (Å²) in [6.45, 7) is 3.88. The molecule has 0 radical (unpaired) electrons. The highest BCUT2D eigenvalue weighted by Gasteiger charge is 2.28. The molecular weight excluding hydrogens is 360 g/mol. The highest BCUT2D eigenvalue weighted by Crippen LogP contribution is 2.12. The summed E-state index contributed by atoms with van der Waals surface area (Å²) in [6, 6.07) is 14.2. The zero-order valence-electron chi connectivity index (χ0n) is 14.1. The van der Waals surface area contributed by atoms with Crippen LogP contribution in [0.3, 0.4) is 0 Å². The van der Waals surface area contributed by atoms with Gasteiger partial charge < -0.3 is 5.32 Å². The van der Waals surface area contributed by atoms with Gasteiger partial charge in [-0.3, -0.25) is 4.79 Å². The number of hydrogen-bond donors (Lipinski definition) is 2. The van der Waals surface area contributed by atoms with E-state index in [1.165, 1.54) is 12.1 Å². The number of benzene rings is 2. The van der Waals surface area contributed by atoms with E-state index in [1.807, 2.05) is 0 Å². The average molecular weight is 381 g/mol. The minimum absolute atomic E-state index is 0.131. The third-order valence-corrected chi connectivity index (χ3v) is 5.37. The predicted molar refractivity (Wildman–Crippen MR) is 98.7 cm³/mol. The van der Waals surface area contributed by atoms with Gasteiger partial charge in [0, 0.05) is 11.6 Å². The summed E-state index contributed by atoms with van der Waals surface area (Å²) in [5.74, 6) is -0.576. The molecule has 0 fully saturated rings. The zero-order valence-corrected chi connectivity index (χ0v) is 15.6. The molecule has 2 rings (SSSR count). The van der Waals surface area contributed by atoms with E-state index in [0.717, 1.165) is 5.56 Å². The SMILES string of the molecule is CC(C)[C@@H](NS(=O)(=O)c1ccccc1)C(=O)NCc1ccc(Cl)cc1. The number of carbonyl (C=O) groups excluding carboxylic acids is 1. The van der Waals surface area contributed by atoms with E-state index >= 15 is 0 Å². The number of rotatable bonds is 7. The van der Waals surface area contributed by atoms with E-state index in [9.17, 15) is 13.2 Å². The van der Waals surface area contributed by atoms with Crippen molar-refractivity contribution in [2.24, 2.45) is 5.92 Å². The standard InChI is InChI=1S/C18H21ClN2O3S/c1-13(2)17(21-25(23,24)16-6-4-3-5-7-16)18(22)20-12-14-8-10-15(19)11-9-14/h3-11,13,17,21H,12H2,1-2H3,(H,20,22)/t17-/m1/s1. The Balaban J connectivity index is 2.06.